The van der Waals surface area contributed by atoms with Crippen molar-refractivity contribution in [3.05, 3.63) is 133 Å². The van der Waals surface area contributed by atoms with Gasteiger partial charge in [-0.15, -0.1) is 0 Å². The Bertz CT molecular complexity index is 2120. The summed E-state index contributed by atoms with van der Waals surface area (Å²) in [6, 6.07) is 29.6. The number of halogens is 2. The van der Waals surface area contributed by atoms with Gasteiger partial charge in [-0.3, -0.25) is 4.57 Å². The maximum absolute atomic E-state index is 13.8. The molecule has 43 heavy (non-hydrogen) atoms. The fraction of sp³-hybridized carbons (Fsp3) is 0.111. The minimum Gasteiger partial charge on any atom is -0.457 e. The Balaban J connectivity index is 1.25. The quantitative estimate of drug-likeness (QED) is 0.207. The second-order valence-electron chi connectivity index (χ2n) is 11.6. The van der Waals surface area contributed by atoms with E-state index in [1.807, 2.05) is 54.7 Å². The van der Waals surface area contributed by atoms with Crippen molar-refractivity contribution in [2.24, 2.45) is 0 Å². The summed E-state index contributed by atoms with van der Waals surface area (Å²) in [5, 5.41) is 6.66. The Morgan fingerprint density at radius 3 is 2.28 bits per heavy atom. The molecule has 0 aliphatic rings. The number of aromatic nitrogens is 4. The molecule has 4 aromatic carbocycles. The lowest BCUT2D eigenvalue weighted by molar-refractivity contribution is 0.483. The van der Waals surface area contributed by atoms with E-state index in [1.165, 1.54) is 17.7 Å². The van der Waals surface area contributed by atoms with Crippen molar-refractivity contribution in [2.45, 2.75) is 26.2 Å². The van der Waals surface area contributed by atoms with E-state index >= 15 is 0 Å². The van der Waals surface area contributed by atoms with Crippen LogP contribution in [0.25, 0.3) is 44.4 Å². The Hall–Kier alpha value is -5.30. The third-order valence-corrected chi connectivity index (χ3v) is 7.58. The second kappa shape index (κ2) is 10.2. The van der Waals surface area contributed by atoms with Crippen molar-refractivity contribution < 1.29 is 13.5 Å². The molecule has 3 heterocycles. The Morgan fingerprint density at radius 1 is 0.698 bits per heavy atom. The molecule has 7 aromatic rings. The van der Waals surface area contributed by atoms with Crippen LogP contribution in [0.3, 0.4) is 0 Å². The molecule has 0 radical (unpaired) electrons. The monoisotopic (exact) mass is 570 g/mol. The number of rotatable bonds is 5. The Morgan fingerprint density at radius 2 is 1.47 bits per heavy atom. The highest BCUT2D eigenvalue weighted by atomic mass is 19.1. The van der Waals surface area contributed by atoms with E-state index in [2.05, 4.69) is 60.8 Å². The lowest BCUT2D eigenvalue weighted by atomic mass is 9.88. The standard InChI is InChI=1S/C36H28F2N4O/c1-36(2,3)25-13-14-39-35(17-25)42-33-10-5-4-9-31(33)32-12-11-30(20-34(32)42)43-29-8-6-7-28(19-29)41-22-24(21-40-41)23-15-26(37)18-27(38)16-23/h4-22H,1-3H3. The normalized spacial score (nSPS) is 11.8. The number of fused-ring (bicyclic) bond motifs is 3. The molecule has 0 amide bonds. The summed E-state index contributed by atoms with van der Waals surface area (Å²) in [6.45, 7) is 6.59. The number of benzene rings is 4. The fourth-order valence-electron chi connectivity index (χ4n) is 5.43. The molecule has 7 rings (SSSR count). The highest BCUT2D eigenvalue weighted by Crippen LogP contribution is 2.36. The van der Waals surface area contributed by atoms with Crippen LogP contribution in [0.5, 0.6) is 11.5 Å². The molecule has 7 heteroatoms. The molecule has 0 N–H and O–H groups in total. The van der Waals surface area contributed by atoms with Crippen LogP contribution in [0.4, 0.5) is 8.78 Å². The van der Waals surface area contributed by atoms with E-state index in [1.54, 1.807) is 17.1 Å². The highest BCUT2D eigenvalue weighted by molar-refractivity contribution is 6.09. The summed E-state index contributed by atoms with van der Waals surface area (Å²) in [7, 11) is 0. The number of ether oxygens (including phenoxy) is 1. The molecule has 0 aliphatic carbocycles. The maximum Gasteiger partial charge on any atom is 0.137 e. The van der Waals surface area contributed by atoms with Crippen molar-refractivity contribution in [3.63, 3.8) is 0 Å². The van der Waals surface area contributed by atoms with Gasteiger partial charge in [-0.05, 0) is 71.1 Å². The van der Waals surface area contributed by atoms with Crippen LogP contribution >= 0.6 is 0 Å². The van der Waals surface area contributed by atoms with Crippen LogP contribution in [0, 0.1) is 11.6 Å². The highest BCUT2D eigenvalue weighted by Gasteiger charge is 2.18. The third kappa shape index (κ3) is 5.03. The van der Waals surface area contributed by atoms with Crippen LogP contribution in [-0.4, -0.2) is 19.3 Å². The summed E-state index contributed by atoms with van der Waals surface area (Å²) in [6.07, 6.45) is 5.18. The molecule has 212 valence electrons. The molecule has 0 aliphatic heterocycles. The first-order valence-corrected chi connectivity index (χ1v) is 14.0. The van der Waals surface area contributed by atoms with Crippen molar-refractivity contribution in [3.8, 4) is 34.1 Å². The Labute approximate surface area is 247 Å². The van der Waals surface area contributed by atoms with Gasteiger partial charge in [0.05, 0.1) is 22.9 Å². The van der Waals surface area contributed by atoms with Gasteiger partial charge in [-0.2, -0.15) is 5.10 Å². The van der Waals surface area contributed by atoms with Crippen molar-refractivity contribution in [2.75, 3.05) is 0 Å². The minimum atomic E-state index is -0.633. The van der Waals surface area contributed by atoms with Crippen LogP contribution in [0.2, 0.25) is 0 Å². The summed E-state index contributed by atoms with van der Waals surface area (Å²) < 4.78 is 37.7. The van der Waals surface area contributed by atoms with E-state index in [9.17, 15) is 8.78 Å². The molecule has 0 atom stereocenters. The topological polar surface area (TPSA) is 44.9 Å². The zero-order chi connectivity index (χ0) is 29.7. The molecule has 0 saturated heterocycles. The summed E-state index contributed by atoms with van der Waals surface area (Å²) >= 11 is 0. The average molecular weight is 571 g/mol. The van der Waals surface area contributed by atoms with Gasteiger partial charge in [-0.1, -0.05) is 45.0 Å². The van der Waals surface area contributed by atoms with Crippen molar-refractivity contribution in [1.29, 1.82) is 0 Å². The lowest BCUT2D eigenvalue weighted by Crippen LogP contribution is -2.12. The van der Waals surface area contributed by atoms with Gasteiger partial charge >= 0.3 is 0 Å². The molecule has 0 bridgehead atoms. The van der Waals surface area contributed by atoms with Gasteiger partial charge in [0.25, 0.3) is 0 Å². The summed E-state index contributed by atoms with van der Waals surface area (Å²) in [5.41, 5.74) is 5.03. The molecule has 3 aromatic heterocycles. The van der Waals surface area contributed by atoms with Crippen molar-refractivity contribution in [1.82, 2.24) is 19.3 Å². The van der Waals surface area contributed by atoms with Gasteiger partial charge in [0, 0.05) is 46.9 Å². The van der Waals surface area contributed by atoms with Crippen LogP contribution < -0.4 is 4.74 Å². The number of nitrogens with zero attached hydrogens (tertiary/aromatic N) is 4. The first kappa shape index (κ1) is 26.6. The smallest absolute Gasteiger partial charge is 0.137 e. The van der Waals surface area contributed by atoms with Crippen LogP contribution in [0.15, 0.2) is 116 Å². The fourth-order valence-corrected chi connectivity index (χ4v) is 5.43. The van der Waals surface area contributed by atoms with Gasteiger partial charge in [0.2, 0.25) is 0 Å². The molecular formula is C36H28F2N4O. The average Bonchev–Trinajstić information content (AvgIpc) is 3.60. The maximum atomic E-state index is 13.8. The van der Waals surface area contributed by atoms with Crippen LogP contribution in [-0.2, 0) is 5.41 Å². The van der Waals surface area contributed by atoms with Crippen LogP contribution in [0.1, 0.15) is 26.3 Å². The van der Waals surface area contributed by atoms with E-state index in [-0.39, 0.29) is 5.41 Å². The first-order valence-electron chi connectivity index (χ1n) is 14.0. The number of pyridine rings is 1. The number of hydrogen-bond donors (Lipinski definition) is 0. The van der Waals surface area contributed by atoms with Gasteiger partial charge in [0.1, 0.15) is 29.0 Å². The minimum absolute atomic E-state index is 0.0153. The van der Waals surface area contributed by atoms with Crippen molar-refractivity contribution >= 4 is 21.8 Å². The van der Waals surface area contributed by atoms with E-state index < -0.39 is 11.6 Å². The van der Waals surface area contributed by atoms with Gasteiger partial charge < -0.3 is 4.74 Å². The SMILES string of the molecule is CC(C)(C)c1ccnc(-n2c3ccccc3c3ccc(Oc4cccc(-n5cc(-c6cc(F)cc(F)c6)cn5)c4)cc32)c1. The molecular weight excluding hydrogens is 542 g/mol. The largest absolute Gasteiger partial charge is 0.457 e. The molecule has 0 spiro atoms. The molecule has 0 saturated carbocycles. The van der Waals surface area contributed by atoms with Gasteiger partial charge in [0.15, 0.2) is 0 Å². The number of para-hydroxylation sites is 1. The summed E-state index contributed by atoms with van der Waals surface area (Å²) in [5.74, 6) is 0.891. The molecule has 5 nitrogen and oxygen atoms in total. The predicted octanol–water partition coefficient (Wildman–Crippen LogP) is 9.40. The zero-order valence-corrected chi connectivity index (χ0v) is 23.9. The summed E-state index contributed by atoms with van der Waals surface area (Å²) in [4.78, 5) is 4.76. The van der Waals surface area contributed by atoms with E-state index in [0.29, 0.717) is 22.6 Å². The zero-order valence-electron chi connectivity index (χ0n) is 23.9. The molecule has 0 fully saturated rings. The molecule has 0 unspecified atom stereocenters. The lowest BCUT2D eigenvalue weighted by Gasteiger charge is -2.20. The second-order valence-corrected chi connectivity index (χ2v) is 11.6. The first-order chi connectivity index (χ1) is 20.7. The van der Waals surface area contributed by atoms with E-state index in [0.717, 1.165) is 39.4 Å². The number of hydrogen-bond acceptors (Lipinski definition) is 3. The predicted molar refractivity (Wildman–Crippen MR) is 166 cm³/mol. The Kier molecular flexibility index (Phi) is 6.31. The van der Waals surface area contributed by atoms with Gasteiger partial charge in [-0.25, -0.2) is 18.4 Å². The third-order valence-electron chi connectivity index (χ3n) is 7.58. The van der Waals surface area contributed by atoms with E-state index in [4.69, 9.17) is 9.72 Å².